The Balaban J connectivity index is 1.72. The number of aryl methyl sites for hydroxylation is 2. The monoisotopic (exact) mass is 403 g/mol. The van der Waals surface area contributed by atoms with Gasteiger partial charge in [0.15, 0.2) is 0 Å². The van der Waals surface area contributed by atoms with Crippen LogP contribution in [0, 0.1) is 13.8 Å². The molecule has 0 fully saturated rings. The fraction of sp³-hybridized carbons (Fsp3) is 0.261. The zero-order valence-corrected chi connectivity index (χ0v) is 17.6. The summed E-state index contributed by atoms with van der Waals surface area (Å²) < 4.78 is 7.30. The summed E-state index contributed by atoms with van der Waals surface area (Å²) in [5, 5.41) is 10.6. The van der Waals surface area contributed by atoms with E-state index in [9.17, 15) is 4.79 Å². The van der Waals surface area contributed by atoms with Crippen LogP contribution in [0.3, 0.4) is 0 Å². The minimum atomic E-state index is -0.398. The van der Waals surface area contributed by atoms with E-state index in [1.54, 1.807) is 4.68 Å². The third-order valence-electron chi connectivity index (χ3n) is 5.18. The minimum Gasteiger partial charge on any atom is -0.494 e. The van der Waals surface area contributed by atoms with E-state index in [0.29, 0.717) is 18.1 Å². The van der Waals surface area contributed by atoms with Crippen molar-refractivity contribution >= 4 is 17.5 Å². The molecular formula is C23H25N5O2. The van der Waals surface area contributed by atoms with Gasteiger partial charge in [-0.1, -0.05) is 29.8 Å². The maximum absolute atomic E-state index is 13.4. The van der Waals surface area contributed by atoms with E-state index in [-0.39, 0.29) is 5.91 Å². The van der Waals surface area contributed by atoms with Gasteiger partial charge in [-0.05, 0) is 57.0 Å². The van der Waals surface area contributed by atoms with Crippen molar-refractivity contribution in [3.63, 3.8) is 0 Å². The molecule has 1 aliphatic heterocycles. The Bertz CT molecular complexity index is 1110. The van der Waals surface area contributed by atoms with Gasteiger partial charge in [0.25, 0.3) is 5.91 Å². The van der Waals surface area contributed by atoms with Crippen molar-refractivity contribution in [2.24, 2.45) is 0 Å². The number of benzene rings is 2. The molecule has 7 nitrogen and oxygen atoms in total. The number of carbonyl (C=O) groups excluding carboxylic acids is 1. The summed E-state index contributed by atoms with van der Waals surface area (Å²) in [5.41, 5.74) is 5.23. The van der Waals surface area contributed by atoms with Crippen LogP contribution in [0.25, 0.3) is 0 Å². The molecule has 0 bridgehead atoms. The fourth-order valence-corrected chi connectivity index (χ4v) is 3.75. The van der Waals surface area contributed by atoms with Gasteiger partial charge in [0.2, 0.25) is 5.95 Å². The van der Waals surface area contributed by atoms with E-state index in [1.165, 1.54) is 6.33 Å². The Hall–Kier alpha value is -3.61. The number of nitrogens with one attached hydrogen (secondary N) is 2. The molecule has 1 atom stereocenters. The highest BCUT2D eigenvalue weighted by Crippen LogP contribution is 2.36. The highest BCUT2D eigenvalue weighted by molar-refractivity contribution is 6.06. The number of fused-ring (bicyclic) bond motifs is 1. The first-order chi connectivity index (χ1) is 14.5. The van der Waals surface area contributed by atoms with E-state index in [2.05, 4.69) is 26.8 Å². The van der Waals surface area contributed by atoms with Gasteiger partial charge in [0.1, 0.15) is 18.1 Å². The molecule has 4 rings (SSSR count). The molecule has 154 valence electrons. The number of nitrogens with zero attached hydrogens (tertiary/aromatic N) is 3. The first-order valence-corrected chi connectivity index (χ1v) is 9.96. The van der Waals surface area contributed by atoms with Gasteiger partial charge in [-0.2, -0.15) is 10.1 Å². The molecule has 2 aromatic carbocycles. The number of amides is 1. The standard InChI is InChI=1S/C23H25N5O2/c1-5-30-18-9-7-17(8-10-18)21-20(16(4)26-23-24-13-25-28(21)23)22(29)27-19-11-6-14(2)12-15(19)3/h6-13,21H,5H2,1-4H3,(H,27,29)(H,24,25,26). The van der Waals surface area contributed by atoms with E-state index in [0.717, 1.165) is 33.8 Å². The zero-order chi connectivity index (χ0) is 21.3. The number of aromatic nitrogens is 3. The van der Waals surface area contributed by atoms with E-state index < -0.39 is 6.04 Å². The van der Waals surface area contributed by atoms with Crippen LogP contribution in [0.1, 0.15) is 36.6 Å². The number of hydrogen-bond acceptors (Lipinski definition) is 5. The van der Waals surface area contributed by atoms with Crippen molar-refractivity contribution in [1.82, 2.24) is 14.8 Å². The van der Waals surface area contributed by atoms with Gasteiger partial charge >= 0.3 is 0 Å². The number of anilines is 2. The molecule has 0 saturated carbocycles. The topological polar surface area (TPSA) is 81.1 Å². The van der Waals surface area contributed by atoms with Crippen molar-refractivity contribution in [1.29, 1.82) is 0 Å². The molecule has 2 heterocycles. The summed E-state index contributed by atoms with van der Waals surface area (Å²) in [6.45, 7) is 8.45. The molecule has 0 radical (unpaired) electrons. The van der Waals surface area contributed by atoms with Crippen molar-refractivity contribution in [3.8, 4) is 5.75 Å². The van der Waals surface area contributed by atoms with Gasteiger partial charge < -0.3 is 15.4 Å². The van der Waals surface area contributed by atoms with Gasteiger partial charge in [-0.15, -0.1) is 0 Å². The van der Waals surface area contributed by atoms with Gasteiger partial charge in [-0.25, -0.2) is 4.68 Å². The van der Waals surface area contributed by atoms with Crippen LogP contribution in [-0.2, 0) is 4.79 Å². The third kappa shape index (κ3) is 3.66. The van der Waals surface area contributed by atoms with Crippen molar-refractivity contribution in [2.45, 2.75) is 33.7 Å². The Labute approximate surface area is 175 Å². The Morgan fingerprint density at radius 2 is 1.93 bits per heavy atom. The van der Waals surface area contributed by atoms with Crippen LogP contribution in [0.15, 0.2) is 60.1 Å². The number of allylic oxidation sites excluding steroid dienone is 1. The molecule has 1 amide bonds. The predicted octanol–water partition coefficient (Wildman–Crippen LogP) is 4.22. The van der Waals surface area contributed by atoms with Crippen molar-refractivity contribution in [2.75, 3.05) is 17.2 Å². The summed E-state index contributed by atoms with van der Waals surface area (Å²) in [6, 6.07) is 13.3. The fourth-order valence-electron chi connectivity index (χ4n) is 3.75. The zero-order valence-electron chi connectivity index (χ0n) is 17.6. The van der Waals surface area contributed by atoms with E-state index in [4.69, 9.17) is 4.74 Å². The van der Waals surface area contributed by atoms with Crippen LogP contribution in [0.4, 0.5) is 11.6 Å². The lowest BCUT2D eigenvalue weighted by Crippen LogP contribution is -2.31. The first kappa shape index (κ1) is 19.7. The second-order valence-corrected chi connectivity index (χ2v) is 7.37. The number of hydrogen-bond donors (Lipinski definition) is 2. The third-order valence-corrected chi connectivity index (χ3v) is 5.18. The molecule has 0 aliphatic carbocycles. The number of rotatable bonds is 5. The molecule has 30 heavy (non-hydrogen) atoms. The van der Waals surface area contributed by atoms with Crippen molar-refractivity contribution in [3.05, 3.63) is 76.8 Å². The molecule has 3 aromatic rings. The lowest BCUT2D eigenvalue weighted by molar-refractivity contribution is -0.113. The summed E-state index contributed by atoms with van der Waals surface area (Å²) >= 11 is 0. The molecular weight excluding hydrogens is 378 g/mol. The first-order valence-electron chi connectivity index (χ1n) is 9.96. The lowest BCUT2D eigenvalue weighted by Gasteiger charge is -2.29. The van der Waals surface area contributed by atoms with Gasteiger partial charge in [0.05, 0.1) is 12.2 Å². The summed E-state index contributed by atoms with van der Waals surface area (Å²) in [7, 11) is 0. The number of carbonyl (C=O) groups is 1. The average molecular weight is 403 g/mol. The maximum atomic E-state index is 13.4. The van der Waals surface area contributed by atoms with E-state index >= 15 is 0 Å². The molecule has 0 saturated heterocycles. The molecule has 7 heteroatoms. The van der Waals surface area contributed by atoms with Crippen LogP contribution in [0.2, 0.25) is 0 Å². The molecule has 1 aliphatic rings. The quantitative estimate of drug-likeness (QED) is 0.667. The van der Waals surface area contributed by atoms with Crippen LogP contribution in [0.5, 0.6) is 5.75 Å². The highest BCUT2D eigenvalue weighted by atomic mass is 16.5. The predicted molar refractivity (Wildman–Crippen MR) is 117 cm³/mol. The molecule has 2 N–H and O–H groups in total. The minimum absolute atomic E-state index is 0.174. The van der Waals surface area contributed by atoms with Crippen LogP contribution in [-0.4, -0.2) is 27.3 Å². The second kappa shape index (κ2) is 8.02. The average Bonchev–Trinajstić information content (AvgIpc) is 3.18. The molecule has 1 unspecified atom stereocenters. The maximum Gasteiger partial charge on any atom is 0.255 e. The largest absolute Gasteiger partial charge is 0.494 e. The highest BCUT2D eigenvalue weighted by Gasteiger charge is 2.33. The molecule has 0 spiro atoms. The van der Waals surface area contributed by atoms with Gasteiger partial charge in [0, 0.05) is 11.4 Å². The second-order valence-electron chi connectivity index (χ2n) is 7.37. The van der Waals surface area contributed by atoms with Crippen LogP contribution < -0.4 is 15.4 Å². The molecule has 1 aromatic heterocycles. The van der Waals surface area contributed by atoms with Crippen molar-refractivity contribution < 1.29 is 9.53 Å². The van der Waals surface area contributed by atoms with Crippen LogP contribution >= 0.6 is 0 Å². The van der Waals surface area contributed by atoms with Gasteiger partial charge in [-0.3, -0.25) is 4.79 Å². The Kier molecular flexibility index (Phi) is 5.27. The summed E-state index contributed by atoms with van der Waals surface area (Å²) in [6.07, 6.45) is 1.49. The lowest BCUT2D eigenvalue weighted by atomic mass is 9.94. The Morgan fingerprint density at radius 3 is 2.63 bits per heavy atom. The Morgan fingerprint density at radius 1 is 1.17 bits per heavy atom. The summed E-state index contributed by atoms with van der Waals surface area (Å²) in [5.74, 6) is 1.22. The number of ether oxygens (including phenoxy) is 1. The smallest absolute Gasteiger partial charge is 0.255 e. The normalized spacial score (nSPS) is 15.4. The van der Waals surface area contributed by atoms with E-state index in [1.807, 2.05) is 64.1 Å². The SMILES string of the molecule is CCOc1ccc(C2C(C(=O)Nc3ccc(C)cc3C)=C(C)Nc3ncnn32)cc1. The summed E-state index contributed by atoms with van der Waals surface area (Å²) in [4.78, 5) is 17.7.